The first-order valence-corrected chi connectivity index (χ1v) is 4.35. The van der Waals surface area contributed by atoms with Gasteiger partial charge < -0.3 is 4.98 Å². The third kappa shape index (κ3) is 2.18. The maximum Gasteiger partial charge on any atom is 0.169 e. The molecule has 0 spiro atoms. The van der Waals surface area contributed by atoms with Crippen LogP contribution in [-0.2, 0) is 0 Å². The van der Waals surface area contributed by atoms with Crippen LogP contribution in [0.25, 0.3) is 12.7 Å². The fourth-order valence-corrected chi connectivity index (χ4v) is 1.30. The first-order valence-electron chi connectivity index (χ1n) is 3.27. The normalized spacial score (nSPS) is 13.1. The molecule has 2 nitrogen and oxygen atoms in total. The van der Waals surface area contributed by atoms with Gasteiger partial charge in [0.1, 0.15) is 0 Å². The van der Waals surface area contributed by atoms with Crippen LogP contribution in [0, 0.1) is 3.83 Å². The van der Waals surface area contributed by atoms with Crippen molar-refractivity contribution in [1.82, 2.24) is 9.97 Å². The first kappa shape index (κ1) is 8.52. The molecule has 1 aromatic heterocycles. The Morgan fingerprint density at radius 2 is 2.36 bits per heavy atom. The number of aromatic amines is 1. The standard InChI is InChI=1S/C8H9IN2/c1-3-4-5-7-6(2)10-8(9)11-7/h3-5H,2H2,1H3,(H,10,11)/b4-3-,7-5+. The zero-order valence-corrected chi connectivity index (χ0v) is 8.42. The number of imidazole rings is 1. The Kier molecular flexibility index (Phi) is 2.87. The van der Waals surface area contributed by atoms with Crippen molar-refractivity contribution in [3.05, 3.63) is 26.7 Å². The largest absolute Gasteiger partial charge is 0.334 e. The van der Waals surface area contributed by atoms with Gasteiger partial charge in [0.05, 0.1) is 10.7 Å². The van der Waals surface area contributed by atoms with Crippen molar-refractivity contribution in [1.29, 1.82) is 0 Å². The number of hydrogen-bond donors (Lipinski definition) is 1. The average Bonchev–Trinajstić information content (AvgIpc) is 2.26. The monoisotopic (exact) mass is 260 g/mol. The summed E-state index contributed by atoms with van der Waals surface area (Å²) in [6, 6.07) is 0. The number of hydrogen-bond acceptors (Lipinski definition) is 1. The van der Waals surface area contributed by atoms with Crippen molar-refractivity contribution in [2.45, 2.75) is 6.92 Å². The second-order valence-corrected chi connectivity index (χ2v) is 3.11. The molecule has 0 aliphatic rings. The van der Waals surface area contributed by atoms with E-state index in [9.17, 15) is 0 Å². The Morgan fingerprint density at radius 1 is 1.64 bits per heavy atom. The number of H-pyrrole nitrogens is 1. The summed E-state index contributed by atoms with van der Waals surface area (Å²) in [6.45, 7) is 5.78. The molecule has 0 atom stereocenters. The second-order valence-electron chi connectivity index (χ2n) is 2.08. The number of nitrogens with zero attached hydrogens (tertiary/aromatic N) is 1. The molecular weight excluding hydrogens is 251 g/mol. The van der Waals surface area contributed by atoms with Gasteiger partial charge in [-0.05, 0) is 35.6 Å². The summed E-state index contributed by atoms with van der Waals surface area (Å²) >= 11 is 2.13. The van der Waals surface area contributed by atoms with Gasteiger partial charge in [-0.3, -0.25) is 0 Å². The number of aromatic nitrogens is 2. The van der Waals surface area contributed by atoms with E-state index in [1.807, 2.05) is 25.2 Å². The van der Waals surface area contributed by atoms with E-state index in [1.54, 1.807) is 0 Å². The highest BCUT2D eigenvalue weighted by Crippen LogP contribution is 1.85. The highest BCUT2D eigenvalue weighted by atomic mass is 127. The van der Waals surface area contributed by atoms with Gasteiger partial charge in [-0.2, -0.15) is 0 Å². The highest BCUT2D eigenvalue weighted by molar-refractivity contribution is 14.1. The number of rotatable bonds is 1. The molecule has 1 aromatic rings. The van der Waals surface area contributed by atoms with Crippen molar-refractivity contribution in [3.63, 3.8) is 0 Å². The Bertz CT molecular complexity index is 362. The summed E-state index contributed by atoms with van der Waals surface area (Å²) < 4.78 is 0.878. The first-order chi connectivity index (χ1) is 5.24. The number of nitrogens with one attached hydrogen (secondary N) is 1. The van der Waals surface area contributed by atoms with Gasteiger partial charge in [-0.25, -0.2) is 4.98 Å². The van der Waals surface area contributed by atoms with Crippen molar-refractivity contribution >= 4 is 35.2 Å². The van der Waals surface area contributed by atoms with Crippen LogP contribution in [0.1, 0.15) is 6.92 Å². The summed E-state index contributed by atoms with van der Waals surface area (Å²) in [5.74, 6) is 0. The lowest BCUT2D eigenvalue weighted by atomic mass is 10.4. The topological polar surface area (TPSA) is 28.7 Å². The molecule has 1 N–H and O–H groups in total. The molecule has 1 rings (SSSR count). The van der Waals surface area contributed by atoms with Gasteiger partial charge in [0.2, 0.25) is 0 Å². The summed E-state index contributed by atoms with van der Waals surface area (Å²) in [7, 11) is 0. The molecule has 0 saturated carbocycles. The van der Waals surface area contributed by atoms with Gasteiger partial charge in [-0.15, -0.1) is 0 Å². The zero-order chi connectivity index (χ0) is 8.27. The molecule has 0 amide bonds. The Balaban J connectivity index is 3.23. The fraction of sp³-hybridized carbons (Fsp3) is 0.125. The van der Waals surface area contributed by atoms with Crippen LogP contribution < -0.4 is 10.7 Å². The maximum absolute atomic E-state index is 4.21. The van der Waals surface area contributed by atoms with Crippen LogP contribution in [0.2, 0.25) is 0 Å². The van der Waals surface area contributed by atoms with Crippen LogP contribution >= 0.6 is 22.6 Å². The molecule has 0 radical (unpaired) electrons. The van der Waals surface area contributed by atoms with Gasteiger partial charge in [0.25, 0.3) is 0 Å². The predicted molar refractivity (Wildman–Crippen MR) is 55.4 cm³/mol. The lowest BCUT2D eigenvalue weighted by molar-refractivity contribution is 1.21. The van der Waals surface area contributed by atoms with E-state index in [0.717, 1.165) is 14.5 Å². The Labute approximate surface area is 78.9 Å². The summed E-state index contributed by atoms with van der Waals surface area (Å²) in [4.78, 5) is 7.23. The molecule has 3 heteroatoms. The van der Waals surface area contributed by atoms with Crippen LogP contribution in [0.15, 0.2) is 12.2 Å². The Hall–Kier alpha value is -0.580. The lowest BCUT2D eigenvalue weighted by Crippen LogP contribution is -2.21. The molecule has 0 aliphatic heterocycles. The Morgan fingerprint density at radius 3 is 2.82 bits per heavy atom. The van der Waals surface area contributed by atoms with E-state index in [2.05, 4.69) is 39.1 Å². The molecular formula is C8H9IN2. The van der Waals surface area contributed by atoms with Crippen LogP contribution in [-0.4, -0.2) is 9.97 Å². The summed E-state index contributed by atoms with van der Waals surface area (Å²) in [6.07, 6.45) is 5.84. The molecule has 0 bridgehead atoms. The molecule has 0 aromatic carbocycles. The van der Waals surface area contributed by atoms with Gasteiger partial charge in [0.15, 0.2) is 3.83 Å². The van der Waals surface area contributed by atoms with Crippen LogP contribution in [0.5, 0.6) is 0 Å². The molecule has 0 aliphatic carbocycles. The molecule has 11 heavy (non-hydrogen) atoms. The number of halogens is 1. The van der Waals surface area contributed by atoms with Crippen molar-refractivity contribution in [2.24, 2.45) is 0 Å². The molecule has 0 fully saturated rings. The molecule has 1 heterocycles. The molecule has 0 unspecified atom stereocenters. The predicted octanol–water partition coefficient (Wildman–Crippen LogP) is 0.781. The summed E-state index contributed by atoms with van der Waals surface area (Å²) in [5.41, 5.74) is 0. The van der Waals surface area contributed by atoms with E-state index in [-0.39, 0.29) is 0 Å². The quantitative estimate of drug-likeness (QED) is 0.743. The van der Waals surface area contributed by atoms with E-state index in [0.29, 0.717) is 0 Å². The van der Waals surface area contributed by atoms with Crippen LogP contribution in [0.3, 0.4) is 0 Å². The molecule has 0 saturated heterocycles. The van der Waals surface area contributed by atoms with Crippen molar-refractivity contribution in [3.8, 4) is 0 Å². The van der Waals surface area contributed by atoms with Gasteiger partial charge >= 0.3 is 0 Å². The van der Waals surface area contributed by atoms with Gasteiger partial charge in [0, 0.05) is 0 Å². The van der Waals surface area contributed by atoms with E-state index in [4.69, 9.17) is 0 Å². The minimum Gasteiger partial charge on any atom is -0.334 e. The minimum absolute atomic E-state index is 0.868. The maximum atomic E-state index is 4.21. The highest BCUT2D eigenvalue weighted by Gasteiger charge is 1.88. The lowest BCUT2D eigenvalue weighted by Gasteiger charge is -1.70. The van der Waals surface area contributed by atoms with E-state index >= 15 is 0 Å². The third-order valence-corrected chi connectivity index (χ3v) is 1.74. The van der Waals surface area contributed by atoms with E-state index < -0.39 is 0 Å². The minimum atomic E-state index is 0.868. The second kappa shape index (κ2) is 3.71. The summed E-state index contributed by atoms with van der Waals surface area (Å²) in [5, 5.41) is 1.78. The smallest absolute Gasteiger partial charge is 0.169 e. The van der Waals surface area contributed by atoms with Crippen molar-refractivity contribution in [2.75, 3.05) is 0 Å². The van der Waals surface area contributed by atoms with Gasteiger partial charge in [-0.1, -0.05) is 18.7 Å². The van der Waals surface area contributed by atoms with Crippen molar-refractivity contribution < 1.29 is 0 Å². The fourth-order valence-electron chi connectivity index (χ4n) is 0.715. The zero-order valence-electron chi connectivity index (χ0n) is 6.26. The average molecular weight is 260 g/mol. The van der Waals surface area contributed by atoms with E-state index in [1.165, 1.54) is 0 Å². The SMILES string of the molecule is C=c1[nH]c(I)n/c1=C/C=C\C. The van der Waals surface area contributed by atoms with Crippen LogP contribution in [0.4, 0.5) is 0 Å². The third-order valence-electron chi connectivity index (χ3n) is 1.23. The number of allylic oxidation sites excluding steroid dienone is 2. The molecule has 58 valence electrons.